The van der Waals surface area contributed by atoms with E-state index in [0.29, 0.717) is 26.4 Å². The van der Waals surface area contributed by atoms with Crippen LogP contribution in [0.3, 0.4) is 0 Å². The van der Waals surface area contributed by atoms with Gasteiger partial charge in [0, 0.05) is 15.7 Å². The van der Waals surface area contributed by atoms with Crippen LogP contribution in [0.5, 0.6) is 0 Å². The minimum atomic E-state index is -0.584. The van der Waals surface area contributed by atoms with Crippen LogP contribution < -0.4 is 10.6 Å². The molecule has 0 spiro atoms. The zero-order chi connectivity index (χ0) is 18.7. The fraction of sp³-hybridized carbons (Fsp3) is 0. The van der Waals surface area contributed by atoms with Gasteiger partial charge in [-0.15, -0.1) is 0 Å². The molecule has 2 N–H and O–H groups in total. The molecule has 0 saturated heterocycles. The van der Waals surface area contributed by atoms with Gasteiger partial charge >= 0.3 is 5.69 Å². The van der Waals surface area contributed by atoms with Gasteiger partial charge in [-0.05, 0) is 42.5 Å². The molecule has 1 heterocycles. The Morgan fingerprint density at radius 1 is 0.885 bits per heavy atom. The molecule has 0 aliphatic heterocycles. The normalized spacial score (nSPS) is 10.4. The zero-order valence-electron chi connectivity index (χ0n) is 12.9. The van der Waals surface area contributed by atoms with Gasteiger partial charge in [-0.1, -0.05) is 34.8 Å². The van der Waals surface area contributed by atoms with Crippen molar-refractivity contribution >= 4 is 63.5 Å². The molecule has 0 aliphatic carbocycles. The number of nitrogens with one attached hydrogen (secondary N) is 2. The average molecular weight is 411 g/mol. The van der Waals surface area contributed by atoms with Crippen LogP contribution in [0.1, 0.15) is 0 Å². The van der Waals surface area contributed by atoms with Crippen LogP contribution in [0.25, 0.3) is 0 Å². The van der Waals surface area contributed by atoms with Crippen LogP contribution in [0.2, 0.25) is 15.1 Å². The van der Waals surface area contributed by atoms with Gasteiger partial charge in [-0.3, -0.25) is 10.1 Å². The fourth-order valence-corrected chi connectivity index (χ4v) is 2.59. The van der Waals surface area contributed by atoms with Crippen molar-refractivity contribution in [2.24, 2.45) is 0 Å². The SMILES string of the molecule is O=[N+]([O-])c1c(Nc2ccc(Cl)cc2)ncnc1Nc1cc(Cl)ccc1Cl. The van der Waals surface area contributed by atoms with E-state index in [4.69, 9.17) is 34.8 Å². The second-order valence-electron chi connectivity index (χ2n) is 5.06. The van der Waals surface area contributed by atoms with Crippen molar-refractivity contribution in [2.45, 2.75) is 0 Å². The molecule has 0 fully saturated rings. The Hall–Kier alpha value is -2.61. The number of benzene rings is 2. The standard InChI is InChI=1S/C16H10Cl3N5O2/c17-9-1-4-11(5-2-9)22-15-14(24(25)26)16(21-8-20-15)23-13-7-10(18)3-6-12(13)19/h1-8H,(H2,20,21,22,23). The number of nitrogens with zero attached hydrogens (tertiary/aromatic N) is 3. The molecule has 0 amide bonds. The highest BCUT2D eigenvalue weighted by Gasteiger charge is 2.24. The van der Waals surface area contributed by atoms with Crippen molar-refractivity contribution in [3.8, 4) is 0 Å². The zero-order valence-corrected chi connectivity index (χ0v) is 15.2. The molecule has 0 radical (unpaired) electrons. The molecule has 3 rings (SSSR count). The van der Waals surface area contributed by atoms with Gasteiger partial charge < -0.3 is 10.6 Å². The predicted octanol–water partition coefficient (Wildman–Crippen LogP) is 5.83. The molecule has 7 nitrogen and oxygen atoms in total. The summed E-state index contributed by atoms with van der Waals surface area (Å²) in [6.07, 6.45) is 1.20. The summed E-state index contributed by atoms with van der Waals surface area (Å²) in [5.41, 5.74) is 0.639. The van der Waals surface area contributed by atoms with Crippen LogP contribution in [-0.4, -0.2) is 14.9 Å². The summed E-state index contributed by atoms with van der Waals surface area (Å²) in [5, 5.41) is 18.6. The summed E-state index contributed by atoms with van der Waals surface area (Å²) in [5.74, 6) is -0.00129. The van der Waals surface area contributed by atoms with E-state index in [-0.39, 0.29) is 17.3 Å². The topological polar surface area (TPSA) is 93.0 Å². The van der Waals surface area contributed by atoms with Gasteiger partial charge in [-0.2, -0.15) is 0 Å². The molecular formula is C16H10Cl3N5O2. The molecule has 26 heavy (non-hydrogen) atoms. The summed E-state index contributed by atoms with van der Waals surface area (Å²) in [6, 6.07) is 11.4. The highest BCUT2D eigenvalue weighted by molar-refractivity contribution is 6.35. The molecule has 2 aromatic carbocycles. The van der Waals surface area contributed by atoms with Crippen molar-refractivity contribution in [1.29, 1.82) is 0 Å². The summed E-state index contributed by atoms with van der Waals surface area (Å²) < 4.78 is 0. The number of nitro groups is 1. The smallest absolute Gasteiger partial charge is 0.334 e. The van der Waals surface area contributed by atoms with Crippen molar-refractivity contribution in [1.82, 2.24) is 9.97 Å². The Morgan fingerprint density at radius 2 is 1.50 bits per heavy atom. The highest BCUT2D eigenvalue weighted by Crippen LogP contribution is 2.35. The van der Waals surface area contributed by atoms with Gasteiger partial charge in [-0.25, -0.2) is 9.97 Å². The quantitative estimate of drug-likeness (QED) is 0.406. The highest BCUT2D eigenvalue weighted by atomic mass is 35.5. The number of hydrogen-bond donors (Lipinski definition) is 2. The van der Waals surface area contributed by atoms with E-state index in [2.05, 4.69) is 20.6 Å². The lowest BCUT2D eigenvalue weighted by molar-refractivity contribution is -0.383. The van der Waals surface area contributed by atoms with E-state index in [9.17, 15) is 10.1 Å². The Bertz CT molecular complexity index is 967. The molecule has 0 saturated carbocycles. The fourth-order valence-electron chi connectivity index (χ4n) is 2.13. The second-order valence-corrected chi connectivity index (χ2v) is 6.34. The first-order valence-corrected chi connectivity index (χ1v) is 8.31. The largest absolute Gasteiger partial charge is 0.353 e. The number of hydrogen-bond acceptors (Lipinski definition) is 6. The van der Waals surface area contributed by atoms with Crippen molar-refractivity contribution in [3.63, 3.8) is 0 Å². The minimum absolute atomic E-state index is 0.0213. The third-order valence-electron chi connectivity index (χ3n) is 3.29. The number of rotatable bonds is 5. The lowest BCUT2D eigenvalue weighted by Crippen LogP contribution is -2.05. The Labute approximate surface area is 163 Å². The van der Waals surface area contributed by atoms with Crippen LogP contribution >= 0.6 is 34.8 Å². The van der Waals surface area contributed by atoms with E-state index >= 15 is 0 Å². The predicted molar refractivity (Wildman–Crippen MR) is 103 cm³/mol. The molecular weight excluding hydrogens is 401 g/mol. The van der Waals surface area contributed by atoms with Crippen LogP contribution in [0.4, 0.5) is 28.7 Å². The van der Waals surface area contributed by atoms with Crippen LogP contribution in [-0.2, 0) is 0 Å². The van der Waals surface area contributed by atoms with Gasteiger partial charge in [0.15, 0.2) is 0 Å². The first kappa shape index (κ1) is 18.2. The Kier molecular flexibility index (Phi) is 5.41. The van der Waals surface area contributed by atoms with Gasteiger partial charge in [0.25, 0.3) is 0 Å². The molecule has 0 unspecified atom stereocenters. The third kappa shape index (κ3) is 4.13. The first-order valence-electron chi connectivity index (χ1n) is 7.18. The van der Waals surface area contributed by atoms with Crippen LogP contribution in [0, 0.1) is 10.1 Å². The Morgan fingerprint density at radius 3 is 2.15 bits per heavy atom. The number of aromatic nitrogens is 2. The molecule has 0 aliphatic rings. The van der Waals surface area contributed by atoms with E-state index < -0.39 is 4.92 Å². The molecule has 0 bridgehead atoms. The monoisotopic (exact) mass is 409 g/mol. The molecule has 132 valence electrons. The molecule has 3 aromatic rings. The summed E-state index contributed by atoms with van der Waals surface area (Å²) in [4.78, 5) is 18.9. The van der Waals surface area contributed by atoms with E-state index in [1.54, 1.807) is 42.5 Å². The van der Waals surface area contributed by atoms with E-state index in [1.165, 1.54) is 6.33 Å². The summed E-state index contributed by atoms with van der Waals surface area (Å²) in [6.45, 7) is 0. The molecule has 1 aromatic heterocycles. The van der Waals surface area contributed by atoms with Gasteiger partial charge in [0.05, 0.1) is 15.6 Å². The van der Waals surface area contributed by atoms with E-state index in [0.717, 1.165) is 0 Å². The van der Waals surface area contributed by atoms with E-state index in [1.807, 2.05) is 0 Å². The number of anilines is 4. The van der Waals surface area contributed by atoms with Crippen molar-refractivity contribution in [2.75, 3.05) is 10.6 Å². The van der Waals surface area contributed by atoms with Gasteiger partial charge in [0.1, 0.15) is 6.33 Å². The molecule has 0 atom stereocenters. The maximum Gasteiger partial charge on any atom is 0.353 e. The number of halogens is 3. The maximum absolute atomic E-state index is 11.6. The molecule has 10 heteroatoms. The maximum atomic E-state index is 11.6. The average Bonchev–Trinajstić information content (AvgIpc) is 2.60. The lowest BCUT2D eigenvalue weighted by atomic mass is 10.3. The first-order chi connectivity index (χ1) is 12.4. The van der Waals surface area contributed by atoms with Crippen molar-refractivity contribution < 1.29 is 4.92 Å². The minimum Gasteiger partial charge on any atom is -0.334 e. The third-order valence-corrected chi connectivity index (χ3v) is 4.11. The second kappa shape index (κ2) is 7.74. The lowest BCUT2D eigenvalue weighted by Gasteiger charge is -2.11. The van der Waals surface area contributed by atoms with Crippen molar-refractivity contribution in [3.05, 3.63) is 74.0 Å². The summed E-state index contributed by atoms with van der Waals surface area (Å²) in [7, 11) is 0. The van der Waals surface area contributed by atoms with Crippen LogP contribution in [0.15, 0.2) is 48.8 Å². The summed E-state index contributed by atoms with van der Waals surface area (Å²) >= 11 is 17.9. The Balaban J connectivity index is 1.99. The van der Waals surface area contributed by atoms with Gasteiger partial charge in [0.2, 0.25) is 11.6 Å².